The summed E-state index contributed by atoms with van der Waals surface area (Å²) in [5, 5.41) is 0. The van der Waals surface area contributed by atoms with Crippen LogP contribution in [0.3, 0.4) is 0 Å². The highest BCUT2D eigenvalue weighted by Gasteiger charge is 3.06. The van der Waals surface area contributed by atoms with Crippen molar-refractivity contribution >= 4 is 15.9 Å². The molecule has 0 atom stereocenters. The first-order chi connectivity index (χ1) is 11.2. The molecule has 0 amide bonds. The molecule has 0 radical (unpaired) electrons. The minimum atomic E-state index is -8.64. The fourth-order valence-corrected chi connectivity index (χ4v) is 2.51. The molecule has 1 rings (SSSR count). The van der Waals surface area contributed by atoms with Crippen LogP contribution >= 0.6 is 15.9 Å². The minimum absolute atomic E-state index is 0.347. The molecular formula is C9BrF17. The zero-order chi connectivity index (χ0) is 22.5. The number of halogens is 18. The van der Waals surface area contributed by atoms with Crippen molar-refractivity contribution in [2.24, 2.45) is 0 Å². The third-order valence-corrected chi connectivity index (χ3v) is 4.62. The van der Waals surface area contributed by atoms with E-state index in [1.54, 1.807) is 0 Å². The van der Waals surface area contributed by atoms with Crippen molar-refractivity contribution in [1.82, 2.24) is 0 Å². The van der Waals surface area contributed by atoms with Crippen molar-refractivity contribution in [2.45, 2.75) is 52.0 Å². The second-order valence-corrected chi connectivity index (χ2v) is 6.27. The summed E-state index contributed by atoms with van der Waals surface area (Å²) in [6.45, 7) is 0. The Kier molecular flexibility index (Phi) is 4.73. The molecule has 0 N–H and O–H groups in total. The third-order valence-electron chi connectivity index (χ3n) is 3.63. The van der Waals surface area contributed by atoms with Crippen LogP contribution in [0.1, 0.15) is 0 Å². The van der Waals surface area contributed by atoms with Crippen molar-refractivity contribution in [1.29, 1.82) is 0 Å². The predicted octanol–water partition coefficient (Wildman–Crippen LogP) is 6.14. The second-order valence-electron chi connectivity index (χ2n) is 5.18. The van der Waals surface area contributed by atoms with Gasteiger partial charge in [-0.15, -0.1) is 0 Å². The fourth-order valence-electron chi connectivity index (χ4n) is 2.01. The fraction of sp³-hybridized carbons (Fsp3) is 1.00. The molecule has 1 fully saturated rings. The quantitative estimate of drug-likeness (QED) is 0.309. The second kappa shape index (κ2) is 5.25. The summed E-state index contributed by atoms with van der Waals surface area (Å²) >= 11 is 0.347. The molecule has 0 unspecified atom stereocenters. The van der Waals surface area contributed by atoms with Gasteiger partial charge in [0, 0.05) is 0 Å². The third kappa shape index (κ3) is 2.13. The largest absolute Gasteiger partial charge is 0.460 e. The van der Waals surface area contributed by atoms with Gasteiger partial charge in [-0.25, -0.2) is 8.78 Å². The van der Waals surface area contributed by atoms with Crippen molar-refractivity contribution in [3.8, 4) is 0 Å². The molecule has 0 aromatic carbocycles. The summed E-state index contributed by atoms with van der Waals surface area (Å²) in [6.07, 6.45) is -7.86. The molecule has 0 bridgehead atoms. The highest BCUT2D eigenvalue weighted by Crippen LogP contribution is 2.75. The number of rotatable bonds is 2. The standard InChI is InChI=1S/C9BrF17/c10-2(12)6(19,20)3(13,14)1(11,4(15,16)7(2,21)22)5(17,18)8(23,24)9(25,26)27. The van der Waals surface area contributed by atoms with Gasteiger partial charge in [0.15, 0.2) is 0 Å². The molecule has 0 aromatic heterocycles. The van der Waals surface area contributed by atoms with Gasteiger partial charge in [0.25, 0.3) is 0 Å². The predicted molar refractivity (Wildman–Crippen MR) is 52.3 cm³/mol. The highest BCUT2D eigenvalue weighted by molar-refractivity contribution is 9.10. The maximum absolute atomic E-state index is 13.9. The van der Waals surface area contributed by atoms with E-state index in [0.717, 1.165) is 0 Å². The van der Waals surface area contributed by atoms with Gasteiger partial charge in [0.1, 0.15) is 0 Å². The van der Waals surface area contributed by atoms with Crippen molar-refractivity contribution < 1.29 is 74.6 Å². The van der Waals surface area contributed by atoms with E-state index in [9.17, 15) is 74.6 Å². The van der Waals surface area contributed by atoms with E-state index in [2.05, 4.69) is 0 Å². The summed E-state index contributed by atoms with van der Waals surface area (Å²) in [4.78, 5) is 0. The lowest BCUT2D eigenvalue weighted by Gasteiger charge is -2.55. The van der Waals surface area contributed by atoms with Gasteiger partial charge in [0.2, 0.25) is 0 Å². The molecule has 1 saturated carbocycles. The van der Waals surface area contributed by atoms with Gasteiger partial charge in [0.05, 0.1) is 0 Å². The van der Waals surface area contributed by atoms with Gasteiger partial charge in [-0.3, -0.25) is 0 Å². The summed E-state index contributed by atoms with van der Waals surface area (Å²) in [5.74, 6) is -48.7. The molecule has 162 valence electrons. The Morgan fingerprint density at radius 2 is 0.741 bits per heavy atom. The summed E-state index contributed by atoms with van der Waals surface area (Å²) in [5.41, 5.74) is -8.61. The first-order valence-corrected chi connectivity index (χ1v) is 6.44. The van der Waals surface area contributed by atoms with Gasteiger partial charge in [-0.1, -0.05) is 0 Å². The molecule has 1 aliphatic carbocycles. The van der Waals surface area contributed by atoms with Crippen molar-refractivity contribution in [3.63, 3.8) is 0 Å². The van der Waals surface area contributed by atoms with E-state index < -0.39 is 52.0 Å². The van der Waals surface area contributed by atoms with Crippen LogP contribution in [0.4, 0.5) is 74.6 Å². The van der Waals surface area contributed by atoms with E-state index in [-0.39, 0.29) is 0 Å². The lowest BCUT2D eigenvalue weighted by Crippen LogP contribution is -2.89. The molecule has 0 heterocycles. The number of hydrogen-bond acceptors (Lipinski definition) is 0. The first kappa shape index (κ1) is 24.3. The number of alkyl halides is 18. The van der Waals surface area contributed by atoms with Crippen LogP contribution in [-0.4, -0.2) is 52.0 Å². The average molecular weight is 511 g/mol. The zero-order valence-electron chi connectivity index (χ0n) is 11.3. The summed E-state index contributed by atoms with van der Waals surface area (Å²) in [6, 6.07) is 0. The van der Waals surface area contributed by atoms with Crippen LogP contribution in [0.25, 0.3) is 0 Å². The van der Waals surface area contributed by atoms with E-state index in [1.165, 1.54) is 0 Å². The highest BCUT2D eigenvalue weighted by atomic mass is 79.9. The first-order valence-electron chi connectivity index (χ1n) is 5.65. The maximum Gasteiger partial charge on any atom is 0.460 e. The number of hydrogen-bond donors (Lipinski definition) is 0. The molecule has 18 heteroatoms. The van der Waals surface area contributed by atoms with Crippen LogP contribution in [-0.2, 0) is 0 Å². The van der Waals surface area contributed by atoms with Crippen LogP contribution in [0, 0.1) is 0 Å². The SMILES string of the molecule is FC(F)(F)C(F)(F)C(F)(F)C1(F)C(F)(F)C(F)(F)C(F)(Br)C(F)(F)C1(F)F. The van der Waals surface area contributed by atoms with Crippen LogP contribution < -0.4 is 0 Å². The van der Waals surface area contributed by atoms with E-state index in [0.29, 0.717) is 15.9 Å². The lowest BCUT2D eigenvalue weighted by molar-refractivity contribution is -0.496. The molecule has 1 aliphatic rings. The van der Waals surface area contributed by atoms with Gasteiger partial charge in [-0.05, 0) is 15.9 Å². The molecule has 0 saturated heterocycles. The van der Waals surface area contributed by atoms with Crippen LogP contribution in [0.5, 0.6) is 0 Å². The summed E-state index contributed by atoms with van der Waals surface area (Å²) in [7, 11) is 0. The van der Waals surface area contributed by atoms with Gasteiger partial charge < -0.3 is 0 Å². The Bertz CT molecular complexity index is 582. The molecule has 0 spiro atoms. The van der Waals surface area contributed by atoms with E-state index in [1.807, 2.05) is 0 Å². The van der Waals surface area contributed by atoms with E-state index >= 15 is 0 Å². The normalized spacial score (nSPS) is 35.8. The molecule has 0 aromatic rings. The van der Waals surface area contributed by atoms with E-state index in [4.69, 9.17) is 0 Å². The molecule has 0 nitrogen and oxygen atoms in total. The Morgan fingerprint density at radius 1 is 0.481 bits per heavy atom. The Hall–Kier alpha value is -0.710. The molecular weight excluding hydrogens is 511 g/mol. The van der Waals surface area contributed by atoms with Crippen molar-refractivity contribution in [2.75, 3.05) is 0 Å². The van der Waals surface area contributed by atoms with Gasteiger partial charge >= 0.3 is 52.0 Å². The van der Waals surface area contributed by atoms with Crippen LogP contribution in [0.2, 0.25) is 0 Å². The Morgan fingerprint density at radius 3 is 0.963 bits per heavy atom. The summed E-state index contributed by atoms with van der Waals surface area (Å²) < 4.78 is 215. The average Bonchev–Trinajstić information content (AvgIpc) is 2.42. The smallest absolute Gasteiger partial charge is 0.223 e. The Labute approximate surface area is 143 Å². The molecule has 0 aliphatic heterocycles. The Balaban J connectivity index is 4.10. The lowest BCUT2D eigenvalue weighted by atomic mass is 9.68. The zero-order valence-corrected chi connectivity index (χ0v) is 12.9. The van der Waals surface area contributed by atoms with Crippen LogP contribution in [0.15, 0.2) is 0 Å². The molecule has 27 heavy (non-hydrogen) atoms. The monoisotopic (exact) mass is 510 g/mol. The van der Waals surface area contributed by atoms with Crippen molar-refractivity contribution in [3.05, 3.63) is 0 Å². The maximum atomic E-state index is 13.9. The topological polar surface area (TPSA) is 0 Å². The van der Waals surface area contributed by atoms with Gasteiger partial charge in [-0.2, -0.15) is 65.9 Å². The minimum Gasteiger partial charge on any atom is -0.223 e.